The second kappa shape index (κ2) is 56.8. The summed E-state index contributed by atoms with van der Waals surface area (Å²) >= 11 is 0. The van der Waals surface area contributed by atoms with Gasteiger partial charge in [-0.2, -0.15) is 0 Å². The number of esters is 1. The molecule has 10 heteroatoms. The molecule has 0 heterocycles. The number of ether oxygens (including phenoxy) is 1. The summed E-state index contributed by atoms with van der Waals surface area (Å²) < 4.78 is 30.7. The van der Waals surface area contributed by atoms with Crippen LogP contribution in [0.25, 0.3) is 0 Å². The number of quaternary nitrogens is 1. The van der Waals surface area contributed by atoms with Gasteiger partial charge in [0.25, 0.3) is 0 Å². The fourth-order valence-corrected chi connectivity index (χ4v) is 10.7. The monoisotopic (exact) mass is 1090 g/mol. The summed E-state index contributed by atoms with van der Waals surface area (Å²) in [4.78, 5) is 37.7. The molecule has 2 N–H and O–H groups in total. The fourth-order valence-electron chi connectivity index (χ4n) is 10.00. The molecule has 0 saturated carbocycles. The molecule has 0 aromatic heterocycles. The van der Waals surface area contributed by atoms with Gasteiger partial charge in [0.05, 0.1) is 33.8 Å². The van der Waals surface area contributed by atoms with Gasteiger partial charge in [-0.25, -0.2) is 4.57 Å². The molecule has 0 bridgehead atoms. The minimum absolute atomic E-state index is 0.0429. The average Bonchev–Trinajstić information content (AvgIpc) is 3.38. The van der Waals surface area contributed by atoms with Crippen LogP contribution in [0.15, 0.2) is 24.3 Å². The van der Waals surface area contributed by atoms with Crippen molar-refractivity contribution in [3.63, 3.8) is 0 Å². The van der Waals surface area contributed by atoms with E-state index in [0.717, 1.165) is 64.2 Å². The van der Waals surface area contributed by atoms with Crippen molar-refractivity contribution in [2.45, 2.75) is 348 Å². The number of unbranched alkanes of at least 4 members (excludes halogenated alkanes) is 43. The maximum Gasteiger partial charge on any atom is 0.472 e. The second-order valence-electron chi connectivity index (χ2n) is 24.0. The largest absolute Gasteiger partial charge is 0.472 e. The van der Waals surface area contributed by atoms with Gasteiger partial charge in [-0.1, -0.05) is 289 Å². The average molecular weight is 1090 g/mol. The highest BCUT2D eigenvalue weighted by Gasteiger charge is 2.30. The fraction of sp³-hybridized carbons (Fsp3) is 0.909. The van der Waals surface area contributed by atoms with E-state index in [1.54, 1.807) is 0 Å². The minimum atomic E-state index is -4.44. The van der Waals surface area contributed by atoms with Crippen LogP contribution in [0.3, 0.4) is 0 Å². The molecule has 0 rings (SSSR count). The van der Waals surface area contributed by atoms with Crippen molar-refractivity contribution >= 4 is 19.7 Å². The first-order valence-electron chi connectivity index (χ1n) is 33.2. The Kier molecular flexibility index (Phi) is 55.6. The molecule has 1 amide bonds. The van der Waals surface area contributed by atoms with E-state index < -0.39 is 20.0 Å². The number of hydrogen-bond acceptors (Lipinski definition) is 6. The van der Waals surface area contributed by atoms with Crippen LogP contribution in [0.2, 0.25) is 0 Å². The van der Waals surface area contributed by atoms with Gasteiger partial charge < -0.3 is 19.4 Å². The Morgan fingerprint density at radius 1 is 0.447 bits per heavy atom. The van der Waals surface area contributed by atoms with Crippen LogP contribution >= 0.6 is 7.82 Å². The first-order valence-corrected chi connectivity index (χ1v) is 34.7. The number of carbonyl (C=O) groups is 2. The number of rotatable bonds is 61. The van der Waals surface area contributed by atoms with Crippen LogP contribution in [0, 0.1) is 0 Å². The SMILES string of the molecule is CCCCCC/C=C\CCCCCCCCCC(=O)NC(COP(=O)(O)OCC[N+](C)(C)C)C(/C=C\CCCCCCCCCCCC)OC(=O)CCCCCCCCCCCCCCCCCCCCCCCCC. The molecule has 3 unspecified atom stereocenters. The molecule has 76 heavy (non-hydrogen) atoms. The maximum absolute atomic E-state index is 13.5. The quantitative estimate of drug-likeness (QED) is 0.0205. The molecule has 0 aliphatic carbocycles. The summed E-state index contributed by atoms with van der Waals surface area (Å²) in [5.74, 6) is -0.492. The predicted molar refractivity (Wildman–Crippen MR) is 328 cm³/mol. The lowest BCUT2D eigenvalue weighted by molar-refractivity contribution is -0.870. The molecule has 450 valence electrons. The van der Waals surface area contributed by atoms with Crippen molar-refractivity contribution in [2.24, 2.45) is 0 Å². The molecule has 3 atom stereocenters. The molecular formula is C66H130N2O7P+. The molecule has 0 radical (unpaired) electrons. The van der Waals surface area contributed by atoms with Gasteiger partial charge in [-0.15, -0.1) is 0 Å². The van der Waals surface area contributed by atoms with Crippen LogP contribution in [0.5, 0.6) is 0 Å². The molecule has 0 aromatic carbocycles. The summed E-state index contributed by atoms with van der Waals surface area (Å²) in [5.41, 5.74) is 0. The Morgan fingerprint density at radius 3 is 1.13 bits per heavy atom. The zero-order chi connectivity index (χ0) is 55.7. The Balaban J connectivity index is 5.09. The number of carbonyl (C=O) groups excluding carboxylic acids is 2. The third kappa shape index (κ3) is 57.2. The van der Waals surface area contributed by atoms with Gasteiger partial charge in [-0.3, -0.25) is 18.6 Å². The van der Waals surface area contributed by atoms with E-state index in [1.165, 1.54) is 238 Å². The van der Waals surface area contributed by atoms with Crippen molar-refractivity contribution in [2.75, 3.05) is 40.9 Å². The van der Waals surface area contributed by atoms with E-state index in [0.29, 0.717) is 23.9 Å². The van der Waals surface area contributed by atoms with Crippen LogP contribution < -0.4 is 5.32 Å². The molecule has 0 aliphatic rings. The van der Waals surface area contributed by atoms with E-state index in [4.69, 9.17) is 13.8 Å². The normalized spacial score (nSPS) is 13.7. The number of hydrogen-bond donors (Lipinski definition) is 2. The van der Waals surface area contributed by atoms with Crippen LogP contribution in [-0.2, 0) is 27.9 Å². The van der Waals surface area contributed by atoms with Crippen molar-refractivity contribution in [3.8, 4) is 0 Å². The smallest absolute Gasteiger partial charge is 0.456 e. The number of allylic oxidation sites excluding steroid dienone is 3. The van der Waals surface area contributed by atoms with Crippen LogP contribution in [0.4, 0.5) is 0 Å². The van der Waals surface area contributed by atoms with Gasteiger partial charge in [0.1, 0.15) is 19.3 Å². The number of nitrogens with one attached hydrogen (secondary N) is 1. The number of nitrogens with zero attached hydrogens (tertiary/aromatic N) is 1. The van der Waals surface area contributed by atoms with Gasteiger partial charge in [-0.05, 0) is 57.4 Å². The molecule has 0 saturated heterocycles. The zero-order valence-electron chi connectivity index (χ0n) is 51.5. The van der Waals surface area contributed by atoms with Gasteiger partial charge in [0, 0.05) is 12.8 Å². The maximum atomic E-state index is 13.5. The van der Waals surface area contributed by atoms with Gasteiger partial charge in [0.15, 0.2) is 0 Å². The van der Waals surface area contributed by atoms with Crippen molar-refractivity contribution in [3.05, 3.63) is 24.3 Å². The van der Waals surface area contributed by atoms with Crippen molar-refractivity contribution < 1.29 is 37.3 Å². The highest BCUT2D eigenvalue weighted by molar-refractivity contribution is 7.47. The predicted octanol–water partition coefficient (Wildman–Crippen LogP) is 20.5. The summed E-state index contributed by atoms with van der Waals surface area (Å²) in [6.45, 7) is 7.05. The Labute approximate surface area is 473 Å². The van der Waals surface area contributed by atoms with E-state index in [-0.39, 0.29) is 25.1 Å². The summed E-state index contributed by atoms with van der Waals surface area (Å²) in [7, 11) is 1.51. The second-order valence-corrected chi connectivity index (χ2v) is 25.5. The van der Waals surface area contributed by atoms with Crippen LogP contribution in [-0.4, -0.2) is 74.3 Å². The highest BCUT2D eigenvalue weighted by atomic mass is 31.2. The summed E-state index contributed by atoms with van der Waals surface area (Å²) in [6, 6.07) is -0.845. The molecular weight excluding hydrogens is 964 g/mol. The van der Waals surface area contributed by atoms with Gasteiger partial charge in [0.2, 0.25) is 5.91 Å². The molecule has 9 nitrogen and oxygen atoms in total. The Bertz CT molecular complexity index is 1350. The molecule has 0 aromatic rings. The Morgan fingerprint density at radius 2 is 0.763 bits per heavy atom. The number of phosphoric acid groups is 1. The van der Waals surface area contributed by atoms with E-state index in [1.807, 2.05) is 33.3 Å². The zero-order valence-corrected chi connectivity index (χ0v) is 52.4. The van der Waals surface area contributed by atoms with Crippen molar-refractivity contribution in [1.82, 2.24) is 5.32 Å². The van der Waals surface area contributed by atoms with E-state index >= 15 is 0 Å². The lowest BCUT2D eigenvalue weighted by atomic mass is 10.0. The van der Waals surface area contributed by atoms with Crippen molar-refractivity contribution in [1.29, 1.82) is 0 Å². The topological polar surface area (TPSA) is 111 Å². The number of phosphoric ester groups is 1. The van der Waals surface area contributed by atoms with E-state index in [2.05, 4.69) is 38.2 Å². The van der Waals surface area contributed by atoms with E-state index in [9.17, 15) is 19.0 Å². The minimum Gasteiger partial charge on any atom is -0.456 e. The molecule has 0 fully saturated rings. The molecule has 0 spiro atoms. The first kappa shape index (κ1) is 74.5. The molecule has 0 aliphatic heterocycles. The summed E-state index contributed by atoms with van der Waals surface area (Å²) in [5, 5.41) is 3.06. The standard InChI is InChI=1S/C66H129N2O7P/c1-7-10-13-16-19-22-25-28-30-31-32-33-34-35-36-37-39-41-44-47-50-53-56-59-66(70)75-64(57-54-51-48-45-42-27-24-21-18-15-12-9-3)63(62-74-76(71,72)73-61-60-68(4,5)6)67-65(69)58-55-52-49-46-43-40-38-29-26-23-20-17-14-11-8-2/h23,26,54,57,63-64H,7-22,24-25,27-53,55-56,58-62H2,1-6H3,(H-,67,69,71,72)/p+1/b26-23-,57-54-. The Hall–Kier alpha value is -1.51. The number of likely N-dealkylation sites (N-methyl/N-ethyl adjacent to an activating group) is 1. The first-order chi connectivity index (χ1) is 36.9. The lowest BCUT2D eigenvalue weighted by Gasteiger charge is -2.27. The van der Waals surface area contributed by atoms with Gasteiger partial charge >= 0.3 is 13.8 Å². The number of amides is 1. The lowest BCUT2D eigenvalue weighted by Crippen LogP contribution is -2.47. The third-order valence-electron chi connectivity index (χ3n) is 15.1. The third-order valence-corrected chi connectivity index (χ3v) is 16.1. The summed E-state index contributed by atoms with van der Waals surface area (Å²) in [6.07, 6.45) is 67.5. The van der Waals surface area contributed by atoms with Crippen LogP contribution in [0.1, 0.15) is 335 Å². The highest BCUT2D eigenvalue weighted by Crippen LogP contribution is 2.43.